The molecule has 3 aromatic heterocycles. The molecule has 0 saturated carbocycles. The lowest BCUT2D eigenvalue weighted by Crippen LogP contribution is -2.23. The molecule has 1 aromatic carbocycles. The van der Waals surface area contributed by atoms with Crippen LogP contribution >= 0.6 is 11.3 Å². The number of fused-ring (bicyclic) bond motifs is 1. The van der Waals surface area contributed by atoms with Gasteiger partial charge in [0, 0.05) is 25.7 Å². The second-order valence-electron chi connectivity index (χ2n) is 6.17. The molecular weight excluding hydrogens is 385 g/mol. The number of halogens is 1. The minimum atomic E-state index is -0.499. The summed E-state index contributed by atoms with van der Waals surface area (Å²) in [6.07, 6.45) is 3.06. The molecular formula is C20H15FN4O2S. The summed E-state index contributed by atoms with van der Waals surface area (Å²) in [5.74, 6) is -0.926. The van der Waals surface area contributed by atoms with Crippen molar-refractivity contribution in [1.82, 2.24) is 14.6 Å². The number of carbonyl (C=O) groups is 2. The van der Waals surface area contributed by atoms with Gasteiger partial charge in [0.05, 0.1) is 28.0 Å². The molecule has 0 unspecified atom stereocenters. The SMILES string of the molecule is CC(=O)N(C)[13c]1[13cH][13c](-c2ccnc3c(C(=O)c4cccs4)cnn23)[13cH][13cH][13c]1F. The number of amides is 1. The number of anilines is 1. The van der Waals surface area contributed by atoms with E-state index in [1.807, 2.05) is 11.4 Å². The summed E-state index contributed by atoms with van der Waals surface area (Å²) < 4.78 is 15.8. The van der Waals surface area contributed by atoms with Gasteiger partial charge in [0.25, 0.3) is 0 Å². The first-order valence-electron chi connectivity index (χ1n) is 8.42. The Morgan fingerprint density at radius 3 is 2.75 bits per heavy atom. The second-order valence-corrected chi connectivity index (χ2v) is 7.12. The van der Waals surface area contributed by atoms with Crippen molar-refractivity contribution in [3.63, 3.8) is 0 Å². The van der Waals surface area contributed by atoms with Crippen molar-refractivity contribution in [3.05, 3.63) is 70.4 Å². The number of rotatable bonds is 4. The highest BCUT2D eigenvalue weighted by molar-refractivity contribution is 7.12. The second kappa shape index (κ2) is 6.97. The summed E-state index contributed by atoms with van der Waals surface area (Å²) in [5, 5.41) is 6.16. The van der Waals surface area contributed by atoms with Crippen molar-refractivity contribution in [2.45, 2.75) is 6.92 Å². The van der Waals surface area contributed by atoms with E-state index in [4.69, 9.17) is 0 Å². The van der Waals surface area contributed by atoms with Crippen LogP contribution in [0.5, 0.6) is 0 Å². The topological polar surface area (TPSA) is 67.6 Å². The summed E-state index contributed by atoms with van der Waals surface area (Å²) >= 11 is 1.35. The normalized spacial score (nSPS) is 11.0. The fraction of sp³-hybridized carbons (Fsp3) is 0.100. The van der Waals surface area contributed by atoms with E-state index in [2.05, 4.69) is 10.1 Å². The predicted molar refractivity (Wildman–Crippen MR) is 105 cm³/mol. The first-order valence-corrected chi connectivity index (χ1v) is 9.30. The zero-order valence-electron chi connectivity index (χ0n) is 15.1. The number of carbonyl (C=O) groups excluding carboxylic acids is 2. The van der Waals surface area contributed by atoms with Gasteiger partial charge in [-0.2, -0.15) is 5.10 Å². The maximum Gasteiger partial charge on any atom is 0.223 e. The van der Waals surface area contributed by atoms with Gasteiger partial charge in [-0.15, -0.1) is 11.3 Å². The molecule has 4 aromatic rings. The highest BCUT2D eigenvalue weighted by Crippen LogP contribution is 2.28. The third kappa shape index (κ3) is 2.97. The maximum atomic E-state index is 14.2. The molecule has 0 aliphatic heterocycles. The van der Waals surface area contributed by atoms with E-state index in [1.165, 1.54) is 42.5 Å². The monoisotopic (exact) mass is 400 g/mol. The van der Waals surface area contributed by atoms with Gasteiger partial charge in [0.2, 0.25) is 11.7 Å². The number of aromatic nitrogens is 3. The van der Waals surface area contributed by atoms with E-state index in [-0.39, 0.29) is 17.4 Å². The molecule has 0 fully saturated rings. The number of benzene rings is 1. The van der Waals surface area contributed by atoms with Crippen molar-refractivity contribution in [3.8, 4) is 11.3 Å². The molecule has 4 rings (SSSR count). The average Bonchev–Trinajstić information content (AvgIpc) is 3.37. The molecule has 140 valence electrons. The largest absolute Gasteiger partial charge is 0.313 e. The minimum Gasteiger partial charge on any atom is -0.313 e. The van der Waals surface area contributed by atoms with Crippen LogP contribution in [0.3, 0.4) is 0 Å². The van der Waals surface area contributed by atoms with Crippen LogP contribution in [0.25, 0.3) is 16.9 Å². The Morgan fingerprint density at radius 1 is 1.21 bits per heavy atom. The lowest BCUT2D eigenvalue weighted by Gasteiger charge is -2.17. The van der Waals surface area contributed by atoms with Gasteiger partial charge < -0.3 is 4.90 Å². The number of hydrogen-bond donors (Lipinski definition) is 0. The van der Waals surface area contributed by atoms with Gasteiger partial charge in [-0.3, -0.25) is 9.59 Å². The lowest BCUT2D eigenvalue weighted by molar-refractivity contribution is -0.116. The van der Waals surface area contributed by atoms with Crippen LogP contribution in [0, 0.1) is 5.82 Å². The number of nitrogens with zero attached hydrogens (tertiary/aromatic N) is 4. The molecule has 0 N–H and O–H groups in total. The van der Waals surface area contributed by atoms with E-state index >= 15 is 0 Å². The van der Waals surface area contributed by atoms with Crippen molar-refractivity contribution in [2.75, 3.05) is 11.9 Å². The first-order chi connectivity index (χ1) is 13.5. The van der Waals surface area contributed by atoms with Gasteiger partial charge in [-0.1, -0.05) is 6.07 Å². The van der Waals surface area contributed by atoms with E-state index in [1.54, 1.807) is 35.0 Å². The minimum absolute atomic E-state index is 0.147. The molecule has 6 nitrogen and oxygen atoms in total. The van der Waals surface area contributed by atoms with Crippen LogP contribution in [0.15, 0.2) is 54.2 Å². The van der Waals surface area contributed by atoms with Gasteiger partial charge >= 0.3 is 0 Å². The van der Waals surface area contributed by atoms with Crippen molar-refractivity contribution in [2.24, 2.45) is 0 Å². The third-order valence-electron chi connectivity index (χ3n) is 4.47. The molecule has 8 heteroatoms. The van der Waals surface area contributed by atoms with Crippen LogP contribution in [-0.4, -0.2) is 33.3 Å². The lowest BCUT2D eigenvalue weighted by atomic mass is 10.2. The Bertz CT molecular complexity index is 1200. The highest BCUT2D eigenvalue weighted by atomic mass is 32.1. The molecule has 0 aliphatic rings. The van der Waals surface area contributed by atoms with Crippen LogP contribution < -0.4 is 4.90 Å². The Balaban J connectivity index is 1.84. The average molecular weight is 400 g/mol. The first kappa shape index (κ1) is 18.0. The molecule has 28 heavy (non-hydrogen) atoms. The van der Waals surface area contributed by atoms with Crippen LogP contribution in [0.2, 0.25) is 0 Å². The third-order valence-corrected chi connectivity index (χ3v) is 5.34. The summed E-state index contributed by atoms with van der Waals surface area (Å²) in [5.41, 5.74) is 2.26. The Kier molecular flexibility index (Phi) is 4.48. The van der Waals surface area contributed by atoms with Crippen LogP contribution in [0.1, 0.15) is 22.2 Å². The molecule has 0 aliphatic carbocycles. The van der Waals surface area contributed by atoms with Gasteiger partial charge in [0.15, 0.2) is 5.65 Å². The fourth-order valence-electron chi connectivity index (χ4n) is 2.91. The summed E-state index contributed by atoms with van der Waals surface area (Å²) in [7, 11) is 1.51. The van der Waals surface area contributed by atoms with E-state index < -0.39 is 5.82 Å². The zero-order valence-corrected chi connectivity index (χ0v) is 15.9. The molecule has 0 atom stereocenters. The maximum absolute atomic E-state index is 14.2. The van der Waals surface area contributed by atoms with E-state index in [9.17, 15) is 14.0 Å². The van der Waals surface area contributed by atoms with Gasteiger partial charge in [-0.25, -0.2) is 13.9 Å². The summed E-state index contributed by atoms with van der Waals surface area (Å²) in [6, 6.07) is 9.78. The predicted octanol–water partition coefficient (Wildman–Crippen LogP) is 3.81. The zero-order chi connectivity index (χ0) is 19.8. The van der Waals surface area contributed by atoms with Crippen molar-refractivity contribution >= 4 is 34.4 Å². The molecule has 1 amide bonds. The quantitative estimate of drug-likeness (QED) is 0.489. The molecule has 0 bridgehead atoms. The smallest absolute Gasteiger partial charge is 0.223 e. The van der Waals surface area contributed by atoms with Crippen molar-refractivity contribution < 1.29 is 14.0 Å². The molecule has 3 heterocycles. The molecule has 0 saturated heterocycles. The highest BCUT2D eigenvalue weighted by Gasteiger charge is 2.19. The van der Waals surface area contributed by atoms with E-state index in [0.29, 0.717) is 27.3 Å². The molecule has 0 radical (unpaired) electrons. The summed E-state index contributed by atoms with van der Waals surface area (Å²) in [4.78, 5) is 30.5. The van der Waals surface area contributed by atoms with Crippen LogP contribution in [0.4, 0.5) is 10.1 Å². The van der Waals surface area contributed by atoms with E-state index in [0.717, 1.165) is 0 Å². The Hall–Kier alpha value is -3.39. The van der Waals surface area contributed by atoms with Gasteiger partial charge in [-0.05, 0) is 35.7 Å². The number of thiophene rings is 1. The Morgan fingerprint density at radius 2 is 2.04 bits per heavy atom. The number of ketones is 1. The fourth-order valence-corrected chi connectivity index (χ4v) is 3.59. The van der Waals surface area contributed by atoms with Crippen molar-refractivity contribution in [1.29, 1.82) is 0 Å². The summed E-state index contributed by atoms with van der Waals surface area (Å²) in [6.45, 7) is 1.37. The standard InChI is InChI=1S/C20H15FN4O2S/c1-12(26)24(2)17-10-13(5-6-15(17)21)16-7-8-22-20-14(11-23-25(16)20)19(27)18-4-3-9-28-18/h3-11H,1-2H3/i5+1,6+1,10+1,13+1,15+1,17+1. The molecule has 0 spiro atoms. The van der Waals surface area contributed by atoms with Gasteiger partial charge in [0.1, 0.15) is 5.82 Å². The van der Waals surface area contributed by atoms with Crippen LogP contribution in [-0.2, 0) is 4.79 Å². The number of hydrogen-bond acceptors (Lipinski definition) is 5. The Labute approximate surface area is 163 Å².